The highest BCUT2D eigenvalue weighted by Crippen LogP contribution is 2.22. The van der Waals surface area contributed by atoms with Crippen LogP contribution in [0.1, 0.15) is 35.1 Å². The number of amides is 2. The predicted octanol–water partition coefficient (Wildman–Crippen LogP) is 4.42. The summed E-state index contributed by atoms with van der Waals surface area (Å²) in [6.45, 7) is 6.74. The molecule has 2 amide bonds. The van der Waals surface area contributed by atoms with Crippen LogP contribution in [0, 0.1) is 20.8 Å². The second-order valence-corrected chi connectivity index (χ2v) is 8.17. The van der Waals surface area contributed by atoms with Gasteiger partial charge in [0, 0.05) is 18.7 Å². The highest BCUT2D eigenvalue weighted by atomic mass is 32.2. The molecule has 0 atom stereocenters. The van der Waals surface area contributed by atoms with E-state index in [1.54, 1.807) is 11.8 Å². The molecular formula is C23H30N2O2S. The highest BCUT2D eigenvalue weighted by molar-refractivity contribution is 7.99. The summed E-state index contributed by atoms with van der Waals surface area (Å²) in [6.07, 6.45) is 2.07. The minimum atomic E-state index is 0.0305. The molecule has 0 heterocycles. The zero-order valence-electron chi connectivity index (χ0n) is 17.0. The van der Waals surface area contributed by atoms with Crippen molar-refractivity contribution in [1.82, 2.24) is 5.32 Å². The summed E-state index contributed by atoms with van der Waals surface area (Å²) in [5.74, 6) is 1.32. The second-order valence-electron chi connectivity index (χ2n) is 7.06. The maximum atomic E-state index is 12.2. The molecule has 0 saturated heterocycles. The molecule has 0 spiro atoms. The van der Waals surface area contributed by atoms with Crippen LogP contribution < -0.4 is 10.6 Å². The number of carbonyl (C=O) groups excluding carboxylic acids is 2. The van der Waals surface area contributed by atoms with Gasteiger partial charge >= 0.3 is 0 Å². The average molecular weight is 399 g/mol. The number of thioether (sulfide) groups is 1. The third-order valence-electron chi connectivity index (χ3n) is 4.45. The molecule has 0 saturated carbocycles. The van der Waals surface area contributed by atoms with Gasteiger partial charge in [-0.1, -0.05) is 48.0 Å². The van der Waals surface area contributed by atoms with Gasteiger partial charge < -0.3 is 10.6 Å². The van der Waals surface area contributed by atoms with Crippen molar-refractivity contribution in [3.05, 3.63) is 64.7 Å². The molecule has 2 aromatic rings. The lowest BCUT2D eigenvalue weighted by Crippen LogP contribution is -2.27. The van der Waals surface area contributed by atoms with Crippen molar-refractivity contribution in [3.8, 4) is 0 Å². The van der Waals surface area contributed by atoms with Crippen molar-refractivity contribution in [1.29, 1.82) is 0 Å². The van der Waals surface area contributed by atoms with Crippen molar-refractivity contribution in [2.45, 2.75) is 40.0 Å². The van der Waals surface area contributed by atoms with Gasteiger partial charge in [-0.2, -0.15) is 11.8 Å². The molecule has 0 aliphatic carbocycles. The van der Waals surface area contributed by atoms with Gasteiger partial charge in [0.05, 0.1) is 5.75 Å². The van der Waals surface area contributed by atoms with E-state index in [-0.39, 0.29) is 11.8 Å². The first-order chi connectivity index (χ1) is 13.5. The van der Waals surface area contributed by atoms with Gasteiger partial charge in [-0.25, -0.2) is 0 Å². The van der Waals surface area contributed by atoms with Crippen molar-refractivity contribution in [3.63, 3.8) is 0 Å². The van der Waals surface area contributed by atoms with E-state index in [2.05, 4.69) is 41.8 Å². The molecule has 0 unspecified atom stereocenters. The Morgan fingerprint density at radius 3 is 2.32 bits per heavy atom. The number of aryl methyl sites for hydroxylation is 3. The number of hydrogen-bond acceptors (Lipinski definition) is 3. The van der Waals surface area contributed by atoms with Crippen molar-refractivity contribution < 1.29 is 9.59 Å². The van der Waals surface area contributed by atoms with Crippen LogP contribution in [0.25, 0.3) is 0 Å². The van der Waals surface area contributed by atoms with Crippen LogP contribution in [0.4, 0.5) is 5.69 Å². The number of hydrogen-bond donors (Lipinski definition) is 2. The number of nitrogens with one attached hydrogen (secondary N) is 2. The normalized spacial score (nSPS) is 10.5. The van der Waals surface area contributed by atoms with Crippen LogP contribution in [0.5, 0.6) is 0 Å². The quantitative estimate of drug-likeness (QED) is 0.582. The average Bonchev–Trinajstić information content (AvgIpc) is 2.65. The fourth-order valence-corrected chi connectivity index (χ4v) is 3.90. The SMILES string of the molecule is Cc1cc(C)c(NC(=O)CCCSCC(=O)NCCc2ccccc2)c(C)c1. The molecule has 28 heavy (non-hydrogen) atoms. The zero-order chi connectivity index (χ0) is 20.4. The van der Waals surface area contributed by atoms with E-state index in [1.165, 1.54) is 11.1 Å². The van der Waals surface area contributed by atoms with Gasteiger partial charge in [0.2, 0.25) is 11.8 Å². The maximum Gasteiger partial charge on any atom is 0.230 e. The first kappa shape index (κ1) is 22.0. The Morgan fingerprint density at radius 2 is 1.64 bits per heavy atom. The fraction of sp³-hybridized carbons (Fsp3) is 0.391. The summed E-state index contributed by atoms with van der Waals surface area (Å²) in [5, 5.41) is 5.96. The molecule has 0 bridgehead atoms. The highest BCUT2D eigenvalue weighted by Gasteiger charge is 2.08. The Balaban J connectivity index is 1.57. The third-order valence-corrected chi connectivity index (χ3v) is 5.49. The van der Waals surface area contributed by atoms with E-state index in [0.29, 0.717) is 18.7 Å². The Kier molecular flexibility index (Phi) is 9.08. The Labute approximate surface area is 172 Å². The van der Waals surface area contributed by atoms with Gasteiger partial charge in [0.15, 0.2) is 0 Å². The van der Waals surface area contributed by atoms with E-state index in [4.69, 9.17) is 0 Å². The van der Waals surface area contributed by atoms with Crippen molar-refractivity contribution in [2.75, 3.05) is 23.4 Å². The predicted molar refractivity (Wildman–Crippen MR) is 119 cm³/mol. The summed E-state index contributed by atoms with van der Waals surface area (Å²) in [6, 6.07) is 14.3. The summed E-state index contributed by atoms with van der Waals surface area (Å²) in [5.41, 5.74) is 5.52. The second kappa shape index (κ2) is 11.5. The molecule has 0 aliphatic rings. The van der Waals surface area contributed by atoms with Gasteiger partial charge in [0.25, 0.3) is 0 Å². The van der Waals surface area contributed by atoms with Gasteiger partial charge in [0.1, 0.15) is 0 Å². The number of carbonyl (C=O) groups is 2. The lowest BCUT2D eigenvalue weighted by Gasteiger charge is -2.12. The minimum Gasteiger partial charge on any atom is -0.355 e. The third kappa shape index (κ3) is 7.77. The monoisotopic (exact) mass is 398 g/mol. The minimum absolute atomic E-state index is 0.0305. The van der Waals surface area contributed by atoms with Crippen molar-refractivity contribution in [2.24, 2.45) is 0 Å². The van der Waals surface area contributed by atoms with Crippen molar-refractivity contribution >= 4 is 29.3 Å². The Morgan fingerprint density at radius 1 is 0.964 bits per heavy atom. The molecule has 0 radical (unpaired) electrons. The zero-order valence-corrected chi connectivity index (χ0v) is 17.8. The topological polar surface area (TPSA) is 58.2 Å². The first-order valence-electron chi connectivity index (χ1n) is 9.72. The van der Waals surface area contributed by atoms with E-state index >= 15 is 0 Å². The molecule has 2 aromatic carbocycles. The lowest BCUT2D eigenvalue weighted by molar-refractivity contribution is -0.118. The molecule has 150 valence electrons. The lowest BCUT2D eigenvalue weighted by atomic mass is 10.0. The van der Waals surface area contributed by atoms with Gasteiger partial charge in [-0.3, -0.25) is 9.59 Å². The maximum absolute atomic E-state index is 12.2. The molecule has 0 aromatic heterocycles. The van der Waals surface area contributed by atoms with E-state index in [9.17, 15) is 9.59 Å². The molecule has 0 fully saturated rings. The summed E-state index contributed by atoms with van der Waals surface area (Å²) < 4.78 is 0. The summed E-state index contributed by atoms with van der Waals surface area (Å²) in [4.78, 5) is 24.0. The molecule has 5 heteroatoms. The molecule has 0 aliphatic heterocycles. The van der Waals surface area contributed by atoms with Crippen LogP contribution in [0.15, 0.2) is 42.5 Å². The smallest absolute Gasteiger partial charge is 0.230 e. The van der Waals surface area contributed by atoms with Crippen LogP contribution in [0.2, 0.25) is 0 Å². The number of rotatable bonds is 10. The number of benzene rings is 2. The fourth-order valence-electron chi connectivity index (χ4n) is 3.12. The van der Waals surface area contributed by atoms with E-state index < -0.39 is 0 Å². The van der Waals surface area contributed by atoms with Crippen LogP contribution in [-0.4, -0.2) is 29.9 Å². The first-order valence-corrected chi connectivity index (χ1v) is 10.9. The molecule has 4 nitrogen and oxygen atoms in total. The number of anilines is 1. The van der Waals surface area contributed by atoms with Crippen LogP contribution >= 0.6 is 11.8 Å². The molecule has 2 rings (SSSR count). The summed E-state index contributed by atoms with van der Waals surface area (Å²) in [7, 11) is 0. The van der Waals surface area contributed by atoms with Crippen LogP contribution in [-0.2, 0) is 16.0 Å². The van der Waals surface area contributed by atoms with Crippen LogP contribution in [0.3, 0.4) is 0 Å². The standard InChI is InChI=1S/C23H30N2O2S/c1-17-14-18(2)23(19(3)15-17)25-21(26)10-7-13-28-16-22(27)24-12-11-20-8-5-4-6-9-20/h4-6,8-9,14-15H,7,10-13,16H2,1-3H3,(H,24,27)(H,25,26). The van der Waals surface area contributed by atoms with Gasteiger partial charge in [-0.05, 0) is 56.1 Å². The Hall–Kier alpha value is -2.27. The summed E-state index contributed by atoms with van der Waals surface area (Å²) >= 11 is 1.57. The van der Waals surface area contributed by atoms with Gasteiger partial charge in [-0.15, -0.1) is 0 Å². The Bertz CT molecular complexity index is 767. The largest absolute Gasteiger partial charge is 0.355 e. The molecule has 2 N–H and O–H groups in total. The van der Waals surface area contributed by atoms with E-state index in [1.807, 2.05) is 32.0 Å². The molecular weight excluding hydrogens is 368 g/mol. The van der Waals surface area contributed by atoms with E-state index in [0.717, 1.165) is 35.4 Å².